The Bertz CT molecular complexity index is 522. The molecule has 0 spiro atoms. The van der Waals surface area contributed by atoms with Gasteiger partial charge in [0.2, 0.25) is 0 Å². The quantitative estimate of drug-likeness (QED) is 0.212. The van der Waals surface area contributed by atoms with Gasteiger partial charge in [0.1, 0.15) is 0 Å². The fourth-order valence-electron chi connectivity index (χ4n) is 1.49. The van der Waals surface area contributed by atoms with Crippen LogP contribution in [0, 0.1) is 0 Å². The molecule has 3 rings (SSSR count). The second-order valence-electron chi connectivity index (χ2n) is 4.24. The minimum Gasteiger partial charge on any atom is -0.152 e. The molecule has 0 saturated heterocycles. The Kier molecular flexibility index (Phi) is 12.6. The van der Waals surface area contributed by atoms with E-state index in [1.165, 1.54) is 27.0 Å². The molecule has 0 atom stereocenters. The number of aryl methyl sites for hydroxylation is 1. The van der Waals surface area contributed by atoms with Gasteiger partial charge in [-0.05, 0) is 57.3 Å². The minimum absolute atomic E-state index is 1.01. The van der Waals surface area contributed by atoms with E-state index in [2.05, 4.69) is 64.2 Å². The highest BCUT2D eigenvalue weighted by Crippen LogP contribution is 2.11. The third-order valence-corrected chi connectivity index (χ3v) is 5.71. The molecule has 0 N–H and O–H groups in total. The van der Waals surface area contributed by atoms with Crippen LogP contribution in [0.5, 0.6) is 0 Å². The van der Waals surface area contributed by atoms with Crippen LogP contribution in [0.4, 0.5) is 0 Å². The summed E-state index contributed by atoms with van der Waals surface area (Å²) in [6.45, 7) is 3.64. The average molecular weight is 460 g/mol. The van der Waals surface area contributed by atoms with Crippen molar-refractivity contribution in [2.75, 3.05) is 4.43 Å². The summed E-state index contributed by atoms with van der Waals surface area (Å²) in [7, 11) is 0. The highest BCUT2D eigenvalue weighted by atomic mass is 127. The van der Waals surface area contributed by atoms with Gasteiger partial charge in [-0.15, -0.1) is 29.3 Å². The van der Waals surface area contributed by atoms with Crippen LogP contribution in [0.2, 0.25) is 0 Å². The molecule has 3 aromatic rings. The number of allylic oxidation sites excluding steroid dienone is 1. The van der Waals surface area contributed by atoms with E-state index in [0.717, 1.165) is 6.42 Å². The zero-order chi connectivity index (χ0) is 15.9. The first kappa shape index (κ1) is 19.6. The van der Waals surface area contributed by atoms with Crippen molar-refractivity contribution in [2.24, 2.45) is 0 Å². The molecular formula is C18H21IS3. The number of hydrogen-bond donors (Lipinski definition) is 0. The lowest BCUT2D eigenvalue weighted by Crippen LogP contribution is -1.78. The fourth-order valence-corrected chi connectivity index (χ4v) is 3.78. The lowest BCUT2D eigenvalue weighted by atomic mass is 10.3. The summed E-state index contributed by atoms with van der Waals surface area (Å²) in [4.78, 5) is 2.91. The molecule has 3 heterocycles. The predicted octanol–water partition coefficient (Wildman–Crippen LogP) is 7.34. The lowest BCUT2D eigenvalue weighted by molar-refractivity contribution is 0.966. The first-order valence-electron chi connectivity index (χ1n) is 7.05. The molecule has 0 bridgehead atoms. The summed E-state index contributed by atoms with van der Waals surface area (Å²) >= 11 is 7.77. The van der Waals surface area contributed by atoms with Gasteiger partial charge in [-0.2, -0.15) is 11.3 Å². The van der Waals surface area contributed by atoms with E-state index >= 15 is 0 Å². The molecule has 0 aromatic carbocycles. The molecule has 0 saturated carbocycles. The predicted molar refractivity (Wildman–Crippen MR) is 114 cm³/mol. The van der Waals surface area contributed by atoms with Gasteiger partial charge in [-0.1, -0.05) is 52.9 Å². The van der Waals surface area contributed by atoms with Crippen molar-refractivity contribution in [3.8, 4) is 0 Å². The Balaban J connectivity index is 0.000000171. The van der Waals surface area contributed by atoms with Crippen molar-refractivity contribution >= 4 is 56.6 Å². The smallest absolute Gasteiger partial charge is 0.00827 e. The molecule has 0 radical (unpaired) electrons. The second kappa shape index (κ2) is 14.2. The van der Waals surface area contributed by atoms with Crippen molar-refractivity contribution in [3.63, 3.8) is 0 Å². The highest BCUT2D eigenvalue weighted by molar-refractivity contribution is 14.1. The summed E-state index contributed by atoms with van der Waals surface area (Å²) in [6.07, 6.45) is 5.52. The molecule has 0 aliphatic rings. The van der Waals surface area contributed by atoms with Gasteiger partial charge in [-0.3, -0.25) is 0 Å². The number of hydrogen-bond acceptors (Lipinski definition) is 3. The summed E-state index contributed by atoms with van der Waals surface area (Å²) in [6, 6.07) is 12.5. The standard InChI is InChI=1S/C7H9IS.C7H8S.C4H4S/c8-5-1-3-7-4-2-6-9-7;1-2-4-7-5-3-6-8-7;1-2-4-5-3-1/h2,4,6H,1,3,5H2;2-3,5-6H,1,4H2;1-4H. The van der Waals surface area contributed by atoms with E-state index in [1.807, 2.05) is 40.3 Å². The number of halogens is 1. The van der Waals surface area contributed by atoms with Crippen LogP contribution in [0.15, 0.2) is 70.6 Å². The van der Waals surface area contributed by atoms with Gasteiger partial charge in [0.15, 0.2) is 0 Å². The minimum atomic E-state index is 1.01. The van der Waals surface area contributed by atoms with E-state index in [9.17, 15) is 0 Å². The van der Waals surface area contributed by atoms with Crippen molar-refractivity contribution in [2.45, 2.75) is 19.3 Å². The van der Waals surface area contributed by atoms with Gasteiger partial charge in [0.05, 0.1) is 0 Å². The van der Waals surface area contributed by atoms with Crippen LogP contribution in [0.25, 0.3) is 0 Å². The average Bonchev–Trinajstić information content (AvgIpc) is 3.28. The first-order chi connectivity index (χ1) is 10.9. The van der Waals surface area contributed by atoms with Crippen molar-refractivity contribution < 1.29 is 0 Å². The van der Waals surface area contributed by atoms with Gasteiger partial charge in [0.25, 0.3) is 0 Å². The van der Waals surface area contributed by atoms with Crippen LogP contribution >= 0.6 is 56.6 Å². The van der Waals surface area contributed by atoms with Gasteiger partial charge < -0.3 is 0 Å². The van der Waals surface area contributed by atoms with Crippen LogP contribution in [0.3, 0.4) is 0 Å². The number of rotatable bonds is 5. The molecule has 0 nitrogen and oxygen atoms in total. The van der Waals surface area contributed by atoms with Crippen LogP contribution in [-0.4, -0.2) is 4.43 Å². The maximum atomic E-state index is 3.64. The largest absolute Gasteiger partial charge is 0.152 e. The van der Waals surface area contributed by atoms with Crippen LogP contribution in [-0.2, 0) is 12.8 Å². The van der Waals surface area contributed by atoms with Crippen molar-refractivity contribution in [1.82, 2.24) is 0 Å². The number of thiophene rings is 3. The van der Waals surface area contributed by atoms with Crippen molar-refractivity contribution in [3.05, 3.63) is 80.3 Å². The molecule has 4 heteroatoms. The normalized spacial score (nSPS) is 9.14. The third kappa shape index (κ3) is 10.3. The Morgan fingerprint density at radius 3 is 1.95 bits per heavy atom. The topological polar surface area (TPSA) is 0 Å². The molecule has 118 valence electrons. The molecule has 22 heavy (non-hydrogen) atoms. The summed E-state index contributed by atoms with van der Waals surface area (Å²) < 4.78 is 1.27. The summed E-state index contributed by atoms with van der Waals surface area (Å²) in [5, 5.41) is 8.31. The SMILES string of the molecule is C=CCc1cccs1.ICCCc1cccs1.c1ccsc1. The van der Waals surface area contributed by atoms with E-state index in [0.29, 0.717) is 0 Å². The third-order valence-electron chi connectivity index (χ3n) is 2.49. The molecule has 0 aliphatic heterocycles. The maximum absolute atomic E-state index is 3.64. The van der Waals surface area contributed by atoms with Gasteiger partial charge in [0, 0.05) is 9.75 Å². The summed E-state index contributed by atoms with van der Waals surface area (Å²) in [5.41, 5.74) is 0. The Hall–Kier alpha value is -0.430. The zero-order valence-electron chi connectivity index (χ0n) is 12.5. The second-order valence-corrected chi connectivity index (χ2v) is 8.20. The summed E-state index contributed by atoms with van der Waals surface area (Å²) in [5.74, 6) is 0. The lowest BCUT2D eigenvalue weighted by Gasteiger charge is -1.89. The molecule has 3 aromatic heterocycles. The van der Waals surface area contributed by atoms with Crippen LogP contribution < -0.4 is 0 Å². The van der Waals surface area contributed by atoms with E-state index in [-0.39, 0.29) is 0 Å². The fraction of sp³-hybridized carbons (Fsp3) is 0.222. The van der Waals surface area contributed by atoms with Gasteiger partial charge >= 0.3 is 0 Å². The van der Waals surface area contributed by atoms with E-state index in [4.69, 9.17) is 0 Å². The Labute approximate surface area is 159 Å². The molecule has 0 amide bonds. The monoisotopic (exact) mass is 460 g/mol. The molecule has 0 aliphatic carbocycles. The Morgan fingerprint density at radius 1 is 0.909 bits per heavy atom. The Morgan fingerprint density at radius 2 is 1.55 bits per heavy atom. The number of alkyl halides is 1. The zero-order valence-corrected chi connectivity index (χ0v) is 17.1. The molecule has 0 fully saturated rings. The van der Waals surface area contributed by atoms with Crippen molar-refractivity contribution in [1.29, 1.82) is 0 Å². The molecular weight excluding hydrogens is 439 g/mol. The van der Waals surface area contributed by atoms with Crippen LogP contribution in [0.1, 0.15) is 16.2 Å². The molecule has 0 unspecified atom stereocenters. The van der Waals surface area contributed by atoms with E-state index in [1.54, 1.807) is 22.7 Å². The van der Waals surface area contributed by atoms with E-state index < -0.39 is 0 Å². The van der Waals surface area contributed by atoms with Gasteiger partial charge in [-0.25, -0.2) is 0 Å². The maximum Gasteiger partial charge on any atom is 0.00827 e. The highest BCUT2D eigenvalue weighted by Gasteiger charge is 1.90. The first-order valence-corrected chi connectivity index (χ1v) is 11.3.